The van der Waals surface area contributed by atoms with Gasteiger partial charge >= 0.3 is 0 Å². The van der Waals surface area contributed by atoms with Gasteiger partial charge in [-0.25, -0.2) is 0 Å². The van der Waals surface area contributed by atoms with Gasteiger partial charge in [-0.1, -0.05) is 24.3 Å². The molecular formula is C23H19N3O. The Balaban J connectivity index is 1.54. The molecule has 1 aliphatic rings. The molecule has 3 heterocycles. The number of carbonyl (C=O) groups is 1. The van der Waals surface area contributed by atoms with Gasteiger partial charge in [-0.3, -0.25) is 9.78 Å². The molecule has 1 aliphatic heterocycles. The first-order valence-corrected chi connectivity index (χ1v) is 9.03. The predicted molar refractivity (Wildman–Crippen MR) is 108 cm³/mol. The third-order valence-corrected chi connectivity index (χ3v) is 5.49. The minimum atomic E-state index is 0.0565. The van der Waals surface area contributed by atoms with Crippen LogP contribution in [0.25, 0.3) is 22.0 Å². The van der Waals surface area contributed by atoms with Gasteiger partial charge in [0.1, 0.15) is 0 Å². The van der Waals surface area contributed by atoms with Crippen LogP contribution in [0.4, 0.5) is 5.69 Å². The summed E-state index contributed by atoms with van der Waals surface area (Å²) in [5.41, 5.74) is 7.17. The van der Waals surface area contributed by atoms with Crippen LogP contribution in [-0.2, 0) is 13.6 Å². The molecule has 4 aromatic rings. The number of hydrogen-bond acceptors (Lipinski definition) is 2. The van der Waals surface area contributed by atoms with Crippen molar-refractivity contribution in [2.45, 2.75) is 13.5 Å². The number of hydrogen-bond donors (Lipinski definition) is 0. The van der Waals surface area contributed by atoms with Crippen LogP contribution in [0.3, 0.4) is 0 Å². The lowest BCUT2D eigenvalue weighted by Crippen LogP contribution is -2.22. The number of pyridine rings is 1. The number of rotatable bonds is 2. The molecule has 2 aromatic heterocycles. The molecule has 0 atom stereocenters. The zero-order chi connectivity index (χ0) is 18.5. The summed E-state index contributed by atoms with van der Waals surface area (Å²) in [5, 5.41) is 1.20. The number of anilines is 1. The summed E-state index contributed by atoms with van der Waals surface area (Å²) in [5.74, 6) is 0.0565. The number of aryl methyl sites for hydroxylation is 2. The highest BCUT2D eigenvalue weighted by Crippen LogP contribution is 2.33. The Hall–Kier alpha value is -3.40. The third-order valence-electron chi connectivity index (χ3n) is 5.49. The van der Waals surface area contributed by atoms with Gasteiger partial charge in [-0.15, -0.1) is 0 Å². The van der Waals surface area contributed by atoms with Crippen molar-refractivity contribution in [1.29, 1.82) is 0 Å². The molecule has 0 spiro atoms. The van der Waals surface area contributed by atoms with Gasteiger partial charge in [0.2, 0.25) is 0 Å². The Bertz CT molecular complexity index is 1190. The smallest absolute Gasteiger partial charge is 0.258 e. The van der Waals surface area contributed by atoms with E-state index >= 15 is 0 Å². The van der Waals surface area contributed by atoms with Gasteiger partial charge in [0.15, 0.2) is 0 Å². The highest BCUT2D eigenvalue weighted by Gasteiger charge is 2.29. The first kappa shape index (κ1) is 15.8. The van der Waals surface area contributed by atoms with Crippen LogP contribution < -0.4 is 4.90 Å². The number of benzene rings is 2. The lowest BCUT2D eigenvalue weighted by atomic mass is 10.0. The molecule has 2 aromatic carbocycles. The second-order valence-corrected chi connectivity index (χ2v) is 7.09. The second-order valence-electron chi connectivity index (χ2n) is 7.09. The van der Waals surface area contributed by atoms with Crippen LogP contribution in [0, 0.1) is 6.92 Å². The Labute approximate surface area is 157 Å². The first-order valence-electron chi connectivity index (χ1n) is 9.03. The second kappa shape index (κ2) is 5.81. The zero-order valence-corrected chi connectivity index (χ0v) is 15.3. The summed E-state index contributed by atoms with van der Waals surface area (Å²) in [6.07, 6.45) is 3.58. The van der Waals surface area contributed by atoms with Crippen LogP contribution in [0.5, 0.6) is 0 Å². The fourth-order valence-electron chi connectivity index (χ4n) is 3.85. The monoisotopic (exact) mass is 353 g/mol. The van der Waals surface area contributed by atoms with Crippen molar-refractivity contribution in [3.8, 4) is 11.1 Å². The van der Waals surface area contributed by atoms with Gasteiger partial charge in [-0.2, -0.15) is 0 Å². The Morgan fingerprint density at radius 1 is 1.00 bits per heavy atom. The molecule has 0 N–H and O–H groups in total. The van der Waals surface area contributed by atoms with Crippen LogP contribution >= 0.6 is 0 Å². The fraction of sp³-hybridized carbons (Fsp3) is 0.130. The van der Waals surface area contributed by atoms with E-state index in [4.69, 9.17) is 0 Å². The molecule has 27 heavy (non-hydrogen) atoms. The molecule has 0 saturated heterocycles. The molecule has 0 fully saturated rings. The molecule has 4 nitrogen and oxygen atoms in total. The van der Waals surface area contributed by atoms with E-state index in [1.807, 2.05) is 35.4 Å². The Morgan fingerprint density at radius 2 is 1.89 bits per heavy atom. The van der Waals surface area contributed by atoms with Gasteiger partial charge < -0.3 is 9.47 Å². The van der Waals surface area contributed by atoms with Crippen molar-refractivity contribution in [1.82, 2.24) is 9.55 Å². The van der Waals surface area contributed by atoms with Crippen LogP contribution in [0.2, 0.25) is 0 Å². The third kappa shape index (κ3) is 2.45. The highest BCUT2D eigenvalue weighted by atomic mass is 16.2. The minimum absolute atomic E-state index is 0.0565. The summed E-state index contributed by atoms with van der Waals surface area (Å²) in [7, 11) is 2.06. The normalized spacial score (nSPS) is 13.4. The molecular weight excluding hydrogens is 334 g/mol. The highest BCUT2D eigenvalue weighted by molar-refractivity contribution is 6.11. The number of nitrogens with zero attached hydrogens (tertiary/aromatic N) is 3. The number of amides is 1. The van der Waals surface area contributed by atoms with E-state index in [0.29, 0.717) is 6.54 Å². The standard InChI is InChI=1S/C23H19N3O/c1-15-10-17-7-8-20(12-22(17)25(15)2)26-14-19-6-5-16(11-21(19)23(26)27)18-4-3-9-24-13-18/h3-13H,14H2,1-2H3. The molecule has 0 saturated carbocycles. The molecule has 4 heteroatoms. The predicted octanol–water partition coefficient (Wildman–Crippen LogP) is 4.71. The average molecular weight is 353 g/mol. The Morgan fingerprint density at radius 3 is 2.70 bits per heavy atom. The maximum Gasteiger partial charge on any atom is 0.258 e. The van der Waals surface area contributed by atoms with E-state index in [1.54, 1.807) is 6.20 Å². The summed E-state index contributed by atoms with van der Waals surface area (Å²) >= 11 is 0. The lowest BCUT2D eigenvalue weighted by Gasteiger charge is -2.16. The summed E-state index contributed by atoms with van der Waals surface area (Å²) in [6.45, 7) is 2.70. The molecule has 0 radical (unpaired) electrons. The largest absolute Gasteiger partial charge is 0.348 e. The van der Waals surface area contributed by atoms with E-state index in [2.05, 4.69) is 53.9 Å². The van der Waals surface area contributed by atoms with E-state index in [-0.39, 0.29) is 5.91 Å². The van der Waals surface area contributed by atoms with Crippen LogP contribution in [0.15, 0.2) is 67.0 Å². The van der Waals surface area contributed by atoms with Crippen LogP contribution in [0.1, 0.15) is 21.6 Å². The maximum absolute atomic E-state index is 13.1. The molecule has 1 amide bonds. The zero-order valence-electron chi connectivity index (χ0n) is 15.3. The molecule has 132 valence electrons. The quantitative estimate of drug-likeness (QED) is 0.523. The van der Waals surface area contributed by atoms with Gasteiger partial charge in [-0.05, 0) is 53.8 Å². The van der Waals surface area contributed by atoms with E-state index < -0.39 is 0 Å². The Kier molecular flexibility index (Phi) is 3.41. The summed E-state index contributed by atoms with van der Waals surface area (Å²) in [6, 6.07) is 18.4. The van der Waals surface area contributed by atoms with E-state index in [0.717, 1.165) is 33.5 Å². The molecule has 0 bridgehead atoms. The SMILES string of the molecule is Cc1cc2ccc(N3Cc4ccc(-c5cccnc5)cc4C3=O)cc2n1C. The van der Waals surface area contributed by atoms with E-state index in [1.165, 1.54) is 11.1 Å². The first-order chi connectivity index (χ1) is 13.1. The molecule has 5 rings (SSSR count). The topological polar surface area (TPSA) is 38.1 Å². The molecule has 0 aliphatic carbocycles. The molecule has 0 unspecified atom stereocenters. The summed E-state index contributed by atoms with van der Waals surface area (Å²) < 4.78 is 2.16. The van der Waals surface area contributed by atoms with Crippen LogP contribution in [-0.4, -0.2) is 15.5 Å². The van der Waals surface area contributed by atoms with Gasteiger partial charge in [0.05, 0.1) is 12.1 Å². The van der Waals surface area contributed by atoms with Crippen molar-refractivity contribution in [2.24, 2.45) is 7.05 Å². The van der Waals surface area contributed by atoms with Crippen molar-refractivity contribution in [2.75, 3.05) is 4.90 Å². The van der Waals surface area contributed by atoms with Crippen molar-refractivity contribution in [3.05, 3.63) is 83.8 Å². The minimum Gasteiger partial charge on any atom is -0.348 e. The van der Waals surface area contributed by atoms with Gasteiger partial charge in [0.25, 0.3) is 5.91 Å². The lowest BCUT2D eigenvalue weighted by molar-refractivity contribution is 0.0996. The van der Waals surface area contributed by atoms with Crippen molar-refractivity contribution in [3.63, 3.8) is 0 Å². The van der Waals surface area contributed by atoms with E-state index in [9.17, 15) is 4.79 Å². The maximum atomic E-state index is 13.1. The summed E-state index contributed by atoms with van der Waals surface area (Å²) in [4.78, 5) is 19.1. The average Bonchev–Trinajstić information content (AvgIpc) is 3.18. The van der Waals surface area contributed by atoms with Crippen molar-refractivity contribution < 1.29 is 4.79 Å². The fourth-order valence-corrected chi connectivity index (χ4v) is 3.85. The van der Waals surface area contributed by atoms with Gasteiger partial charge in [0, 0.05) is 41.9 Å². The number of aromatic nitrogens is 2. The number of carbonyl (C=O) groups excluding carboxylic acids is 1. The number of fused-ring (bicyclic) bond motifs is 2. The van der Waals surface area contributed by atoms with Crippen molar-refractivity contribution >= 4 is 22.5 Å².